The van der Waals surface area contributed by atoms with Crippen LogP contribution in [0.2, 0.25) is 0 Å². The van der Waals surface area contributed by atoms with Crippen molar-refractivity contribution in [2.75, 3.05) is 13.1 Å². The van der Waals surface area contributed by atoms with E-state index in [1.807, 2.05) is 12.3 Å². The van der Waals surface area contributed by atoms with E-state index in [1.54, 1.807) is 0 Å². The van der Waals surface area contributed by atoms with Gasteiger partial charge in [0.05, 0.1) is 0 Å². The van der Waals surface area contributed by atoms with Crippen molar-refractivity contribution in [2.45, 2.75) is 19.4 Å². The van der Waals surface area contributed by atoms with Crippen LogP contribution in [-0.4, -0.2) is 24.2 Å². The zero-order valence-corrected chi connectivity index (χ0v) is 9.42. The van der Waals surface area contributed by atoms with Crippen LogP contribution in [0, 0.1) is 6.92 Å². The number of aryl methyl sites for hydroxylation is 1. The maximum atomic E-state index is 5.93. The fourth-order valence-electron chi connectivity index (χ4n) is 2.23. The summed E-state index contributed by atoms with van der Waals surface area (Å²) in [6.45, 7) is 4.14. The number of benzene rings is 1. The quantitative estimate of drug-likeness (QED) is 0.807. The van der Waals surface area contributed by atoms with Gasteiger partial charge in [0.2, 0.25) is 0 Å². The first kappa shape index (κ1) is 9.73. The van der Waals surface area contributed by atoms with Crippen molar-refractivity contribution in [3.63, 3.8) is 0 Å². The van der Waals surface area contributed by atoms with Crippen LogP contribution in [0.3, 0.4) is 0 Å². The smallest absolute Gasteiger partial charge is 0.120 e. The molecule has 1 saturated heterocycles. The molecule has 0 bridgehead atoms. The largest absolute Gasteiger partial charge is 0.489 e. The fourth-order valence-corrected chi connectivity index (χ4v) is 2.23. The summed E-state index contributed by atoms with van der Waals surface area (Å²) >= 11 is 0. The van der Waals surface area contributed by atoms with Gasteiger partial charge in [0, 0.05) is 23.6 Å². The molecule has 2 aromatic rings. The average molecular weight is 216 g/mol. The molecular weight excluding hydrogens is 200 g/mol. The van der Waals surface area contributed by atoms with Gasteiger partial charge in [0.25, 0.3) is 0 Å². The summed E-state index contributed by atoms with van der Waals surface area (Å²) in [6, 6.07) is 6.25. The van der Waals surface area contributed by atoms with Gasteiger partial charge in [-0.2, -0.15) is 0 Å². The molecular formula is C13H16N2O. The highest BCUT2D eigenvalue weighted by molar-refractivity contribution is 5.84. The Morgan fingerprint density at radius 1 is 1.38 bits per heavy atom. The zero-order chi connectivity index (χ0) is 11.0. The number of rotatable bonds is 2. The highest BCUT2D eigenvalue weighted by Gasteiger charge is 2.15. The van der Waals surface area contributed by atoms with Crippen molar-refractivity contribution in [2.24, 2.45) is 0 Å². The Hall–Kier alpha value is -1.48. The molecule has 1 aliphatic heterocycles. The minimum atomic E-state index is 0.330. The van der Waals surface area contributed by atoms with Gasteiger partial charge in [-0.05, 0) is 43.7 Å². The molecule has 3 heteroatoms. The van der Waals surface area contributed by atoms with E-state index >= 15 is 0 Å². The molecule has 0 aliphatic carbocycles. The molecule has 3 nitrogen and oxygen atoms in total. The molecule has 1 aromatic heterocycles. The average Bonchev–Trinajstić information content (AvgIpc) is 2.90. The Morgan fingerprint density at radius 3 is 3.12 bits per heavy atom. The third kappa shape index (κ3) is 1.67. The first-order valence-corrected chi connectivity index (χ1v) is 5.78. The van der Waals surface area contributed by atoms with Gasteiger partial charge in [0.1, 0.15) is 11.9 Å². The van der Waals surface area contributed by atoms with E-state index in [4.69, 9.17) is 4.74 Å². The van der Waals surface area contributed by atoms with E-state index < -0.39 is 0 Å². The number of H-pyrrole nitrogens is 1. The predicted octanol–water partition coefficient (Wildman–Crippen LogP) is 2.22. The van der Waals surface area contributed by atoms with Crippen LogP contribution in [0.25, 0.3) is 10.9 Å². The minimum absolute atomic E-state index is 0.330. The first-order chi connectivity index (χ1) is 7.83. The number of ether oxygens (including phenoxy) is 1. The van der Waals surface area contributed by atoms with Gasteiger partial charge in [-0.1, -0.05) is 0 Å². The predicted molar refractivity (Wildman–Crippen MR) is 64.9 cm³/mol. The monoisotopic (exact) mass is 216 g/mol. The number of aromatic amines is 1. The lowest BCUT2D eigenvalue weighted by atomic mass is 10.2. The number of hydrogen-bond donors (Lipinski definition) is 2. The van der Waals surface area contributed by atoms with Gasteiger partial charge in [-0.15, -0.1) is 0 Å². The Labute approximate surface area is 94.8 Å². The van der Waals surface area contributed by atoms with E-state index in [9.17, 15) is 0 Å². The number of nitrogens with one attached hydrogen (secondary N) is 2. The van der Waals surface area contributed by atoms with Gasteiger partial charge in [0.15, 0.2) is 0 Å². The Kier molecular flexibility index (Phi) is 2.33. The molecule has 1 aromatic carbocycles. The maximum Gasteiger partial charge on any atom is 0.120 e. The van der Waals surface area contributed by atoms with Gasteiger partial charge < -0.3 is 15.0 Å². The number of hydrogen-bond acceptors (Lipinski definition) is 2. The lowest BCUT2D eigenvalue weighted by molar-refractivity contribution is 0.223. The topological polar surface area (TPSA) is 37.0 Å². The molecule has 16 heavy (non-hydrogen) atoms. The molecule has 3 rings (SSSR count). The molecule has 1 atom stereocenters. The number of aromatic nitrogens is 1. The van der Waals surface area contributed by atoms with Gasteiger partial charge in [-0.25, -0.2) is 0 Å². The lowest BCUT2D eigenvalue weighted by Crippen LogP contribution is -2.19. The van der Waals surface area contributed by atoms with Crippen molar-refractivity contribution in [1.82, 2.24) is 10.3 Å². The molecule has 0 saturated carbocycles. The summed E-state index contributed by atoms with van der Waals surface area (Å²) in [6.07, 6.45) is 3.46. The van der Waals surface area contributed by atoms with Crippen LogP contribution in [0.4, 0.5) is 0 Å². The summed E-state index contributed by atoms with van der Waals surface area (Å²) in [5.74, 6) is 0.976. The molecule has 2 N–H and O–H groups in total. The Morgan fingerprint density at radius 2 is 2.31 bits per heavy atom. The second-order valence-corrected chi connectivity index (χ2v) is 4.41. The van der Waals surface area contributed by atoms with Crippen LogP contribution in [0.15, 0.2) is 24.4 Å². The Balaban J connectivity index is 1.88. The molecule has 84 valence electrons. The highest BCUT2D eigenvalue weighted by Crippen LogP contribution is 2.24. The minimum Gasteiger partial charge on any atom is -0.489 e. The van der Waals surface area contributed by atoms with Gasteiger partial charge in [-0.3, -0.25) is 0 Å². The van der Waals surface area contributed by atoms with E-state index in [2.05, 4.69) is 29.4 Å². The summed E-state index contributed by atoms with van der Waals surface area (Å²) in [5.41, 5.74) is 2.44. The van der Waals surface area contributed by atoms with Crippen LogP contribution in [-0.2, 0) is 0 Å². The fraction of sp³-hybridized carbons (Fsp3) is 0.385. The second-order valence-electron chi connectivity index (χ2n) is 4.41. The zero-order valence-electron chi connectivity index (χ0n) is 9.42. The van der Waals surface area contributed by atoms with Crippen LogP contribution in [0.5, 0.6) is 5.75 Å². The molecule has 1 unspecified atom stereocenters. The van der Waals surface area contributed by atoms with E-state index in [0.717, 1.165) is 25.3 Å². The van der Waals surface area contributed by atoms with Crippen molar-refractivity contribution in [1.29, 1.82) is 0 Å². The second kappa shape index (κ2) is 3.83. The van der Waals surface area contributed by atoms with Gasteiger partial charge >= 0.3 is 0 Å². The summed E-state index contributed by atoms with van der Waals surface area (Å²) < 4.78 is 5.93. The van der Waals surface area contributed by atoms with Crippen LogP contribution in [0.1, 0.15) is 12.0 Å². The van der Waals surface area contributed by atoms with E-state index in [1.165, 1.54) is 16.5 Å². The summed E-state index contributed by atoms with van der Waals surface area (Å²) in [7, 11) is 0. The third-order valence-electron chi connectivity index (χ3n) is 3.18. The van der Waals surface area contributed by atoms with Crippen molar-refractivity contribution < 1.29 is 4.74 Å². The molecule has 0 radical (unpaired) electrons. The maximum absolute atomic E-state index is 5.93. The molecule has 1 aliphatic rings. The molecule has 1 fully saturated rings. The SMILES string of the molecule is Cc1c[nH]c2ccc(OC3CCNC3)cc12. The molecule has 2 heterocycles. The normalized spacial score (nSPS) is 20.4. The number of fused-ring (bicyclic) bond motifs is 1. The molecule has 0 amide bonds. The standard InChI is InChI=1S/C13H16N2O/c1-9-7-15-13-3-2-10(6-12(9)13)16-11-4-5-14-8-11/h2-3,6-7,11,14-15H,4-5,8H2,1H3. The van der Waals surface area contributed by atoms with Crippen molar-refractivity contribution in [3.8, 4) is 5.75 Å². The van der Waals surface area contributed by atoms with Crippen molar-refractivity contribution >= 4 is 10.9 Å². The molecule has 0 spiro atoms. The van der Waals surface area contributed by atoms with E-state index in [-0.39, 0.29) is 0 Å². The first-order valence-electron chi connectivity index (χ1n) is 5.78. The van der Waals surface area contributed by atoms with Crippen molar-refractivity contribution in [3.05, 3.63) is 30.0 Å². The third-order valence-corrected chi connectivity index (χ3v) is 3.18. The Bertz CT molecular complexity index is 498. The van der Waals surface area contributed by atoms with E-state index in [0.29, 0.717) is 6.10 Å². The van der Waals surface area contributed by atoms with Crippen LogP contribution < -0.4 is 10.1 Å². The highest BCUT2D eigenvalue weighted by atomic mass is 16.5. The lowest BCUT2D eigenvalue weighted by Gasteiger charge is -2.12. The summed E-state index contributed by atoms with van der Waals surface area (Å²) in [5, 5.41) is 4.56. The van der Waals surface area contributed by atoms with Crippen LogP contribution >= 0.6 is 0 Å². The summed E-state index contributed by atoms with van der Waals surface area (Å²) in [4.78, 5) is 3.24.